The lowest BCUT2D eigenvalue weighted by Gasteiger charge is -2.24. The molecule has 3 aromatic rings. The number of imidazole rings is 1. The van der Waals surface area contributed by atoms with Crippen LogP contribution in [0.5, 0.6) is 5.88 Å². The fraction of sp³-hybridized carbons (Fsp3) is 0.375. The number of rotatable bonds is 9. The highest BCUT2D eigenvalue weighted by atomic mass is 19.3. The molecule has 0 saturated carbocycles. The number of aromatic nitrogens is 3. The summed E-state index contributed by atoms with van der Waals surface area (Å²) in [5, 5.41) is 9.17. The Morgan fingerprint density at radius 2 is 1.77 bits per heavy atom. The molecule has 2 heterocycles. The lowest BCUT2D eigenvalue weighted by Crippen LogP contribution is -2.37. The average molecular weight is 497 g/mol. The van der Waals surface area contributed by atoms with E-state index in [0.29, 0.717) is 22.9 Å². The third kappa shape index (κ3) is 5.13. The highest BCUT2D eigenvalue weighted by Gasteiger charge is 2.57. The number of aryl methyl sites for hydroxylation is 1. The van der Waals surface area contributed by atoms with Gasteiger partial charge in [0.2, 0.25) is 5.88 Å². The minimum Gasteiger partial charge on any atom is -0.481 e. The second-order valence-corrected chi connectivity index (χ2v) is 8.79. The quantitative estimate of drug-likeness (QED) is 0.343. The number of benzene rings is 1. The smallest absolute Gasteiger partial charge is 0.351 e. The number of alkyl halides is 4. The van der Waals surface area contributed by atoms with Crippen LogP contribution >= 0.6 is 0 Å². The van der Waals surface area contributed by atoms with Gasteiger partial charge in [-0.15, -0.1) is 0 Å². The van der Waals surface area contributed by atoms with E-state index in [1.165, 1.54) is 32.2 Å². The molecular weight excluding hydrogens is 473 g/mol. The van der Waals surface area contributed by atoms with Crippen molar-refractivity contribution in [3.8, 4) is 28.4 Å². The maximum atomic E-state index is 14.9. The van der Waals surface area contributed by atoms with E-state index >= 15 is 0 Å². The van der Waals surface area contributed by atoms with Gasteiger partial charge in [0, 0.05) is 24.2 Å². The maximum absolute atomic E-state index is 14.9. The van der Waals surface area contributed by atoms with Gasteiger partial charge in [-0.1, -0.05) is 13.0 Å². The number of aliphatic carboxylic acids is 1. The van der Waals surface area contributed by atoms with Crippen LogP contribution in [0.25, 0.3) is 22.5 Å². The molecule has 1 aromatic carbocycles. The lowest BCUT2D eigenvalue weighted by molar-refractivity contribution is -0.219. The summed E-state index contributed by atoms with van der Waals surface area (Å²) in [6, 6.07) is 5.53. The van der Waals surface area contributed by atoms with E-state index in [1.807, 2.05) is 0 Å². The van der Waals surface area contributed by atoms with Crippen LogP contribution in [0.15, 0.2) is 36.7 Å². The third-order valence-corrected chi connectivity index (χ3v) is 5.60. The zero-order valence-corrected chi connectivity index (χ0v) is 19.4. The molecule has 0 amide bonds. The third-order valence-electron chi connectivity index (χ3n) is 5.60. The normalized spacial score (nSPS) is 12.6. The van der Waals surface area contributed by atoms with Gasteiger partial charge in [-0.3, -0.25) is 4.79 Å². The van der Waals surface area contributed by atoms with Crippen LogP contribution in [0.4, 0.5) is 22.0 Å². The summed E-state index contributed by atoms with van der Waals surface area (Å²) < 4.78 is 75.9. The Balaban J connectivity index is 1.84. The Morgan fingerprint density at radius 1 is 1.09 bits per heavy atom. The van der Waals surface area contributed by atoms with Crippen molar-refractivity contribution >= 4 is 5.97 Å². The number of carboxylic acid groups (broad SMARTS) is 1. The first kappa shape index (κ1) is 26.1. The second kappa shape index (κ2) is 9.27. The monoisotopic (exact) mass is 497 g/mol. The van der Waals surface area contributed by atoms with Gasteiger partial charge < -0.3 is 14.8 Å². The van der Waals surface area contributed by atoms with Gasteiger partial charge in [0.15, 0.2) is 0 Å². The van der Waals surface area contributed by atoms with Crippen LogP contribution in [0.1, 0.15) is 38.4 Å². The number of halogens is 5. The molecular formula is C24H24F5N3O3. The highest BCUT2D eigenvalue weighted by molar-refractivity contribution is 5.74. The number of nitrogens with zero attached hydrogens (tertiary/aromatic N) is 2. The topological polar surface area (TPSA) is 88.1 Å². The molecule has 0 aliphatic rings. The summed E-state index contributed by atoms with van der Waals surface area (Å²) in [7, 11) is 0. The average Bonchev–Trinajstić information content (AvgIpc) is 3.28. The minimum absolute atomic E-state index is 0.105. The molecule has 0 radical (unpaired) electrons. The SMILES string of the molecule is CCC(F)(F)C(F)(F)c1cnc(-c2ccc(-c3cnc(OCC(C)(C)C(=O)O)cc3C)cc2F)[nH]1. The van der Waals surface area contributed by atoms with Crippen LogP contribution in [-0.4, -0.2) is 38.6 Å². The van der Waals surface area contributed by atoms with Gasteiger partial charge in [0.05, 0.1) is 17.2 Å². The molecule has 188 valence electrons. The van der Waals surface area contributed by atoms with E-state index in [1.54, 1.807) is 13.0 Å². The van der Waals surface area contributed by atoms with E-state index in [4.69, 9.17) is 4.74 Å². The van der Waals surface area contributed by atoms with Gasteiger partial charge in [-0.25, -0.2) is 14.4 Å². The molecule has 0 atom stereocenters. The van der Waals surface area contributed by atoms with Gasteiger partial charge in [-0.2, -0.15) is 17.6 Å². The number of nitrogens with one attached hydrogen (secondary N) is 1. The molecule has 0 spiro atoms. The predicted octanol–water partition coefficient (Wildman–Crippen LogP) is 6.21. The Kier molecular flexibility index (Phi) is 6.92. The lowest BCUT2D eigenvalue weighted by atomic mass is 9.95. The number of pyridine rings is 1. The molecule has 0 saturated heterocycles. The van der Waals surface area contributed by atoms with Crippen LogP contribution < -0.4 is 4.74 Å². The van der Waals surface area contributed by atoms with E-state index < -0.39 is 41.2 Å². The number of H-pyrrole nitrogens is 1. The van der Waals surface area contributed by atoms with E-state index in [-0.39, 0.29) is 23.9 Å². The molecule has 11 heteroatoms. The van der Waals surface area contributed by atoms with Crippen molar-refractivity contribution in [3.63, 3.8) is 0 Å². The van der Waals surface area contributed by atoms with Crippen molar-refractivity contribution in [3.05, 3.63) is 53.7 Å². The Bertz CT molecular complexity index is 1240. The first-order chi connectivity index (χ1) is 16.2. The highest BCUT2D eigenvalue weighted by Crippen LogP contribution is 2.44. The molecule has 0 fully saturated rings. The molecule has 6 nitrogen and oxygen atoms in total. The molecule has 0 unspecified atom stereocenters. The van der Waals surface area contributed by atoms with Crippen molar-refractivity contribution in [2.45, 2.75) is 46.0 Å². The maximum Gasteiger partial charge on any atom is 0.351 e. The summed E-state index contributed by atoms with van der Waals surface area (Å²) in [5.41, 5.74) is -0.758. The fourth-order valence-electron chi connectivity index (χ4n) is 3.14. The van der Waals surface area contributed by atoms with Crippen molar-refractivity contribution in [1.82, 2.24) is 15.0 Å². The van der Waals surface area contributed by atoms with Crippen molar-refractivity contribution < 1.29 is 36.6 Å². The summed E-state index contributed by atoms with van der Waals surface area (Å²) in [5.74, 6) is -10.7. The summed E-state index contributed by atoms with van der Waals surface area (Å²) in [4.78, 5) is 21.1. The zero-order valence-electron chi connectivity index (χ0n) is 19.4. The zero-order chi connectivity index (χ0) is 26.2. The van der Waals surface area contributed by atoms with Crippen molar-refractivity contribution in [2.75, 3.05) is 6.61 Å². The summed E-state index contributed by atoms with van der Waals surface area (Å²) in [6.07, 6.45) is 0.932. The number of carboxylic acids is 1. The summed E-state index contributed by atoms with van der Waals surface area (Å²) >= 11 is 0. The summed E-state index contributed by atoms with van der Waals surface area (Å²) in [6.45, 7) is 5.59. The fourth-order valence-corrected chi connectivity index (χ4v) is 3.14. The van der Waals surface area contributed by atoms with E-state index in [2.05, 4.69) is 15.0 Å². The second-order valence-electron chi connectivity index (χ2n) is 8.79. The molecule has 0 bridgehead atoms. The Morgan fingerprint density at radius 3 is 2.34 bits per heavy atom. The van der Waals surface area contributed by atoms with Gasteiger partial charge >= 0.3 is 17.8 Å². The predicted molar refractivity (Wildman–Crippen MR) is 118 cm³/mol. The number of ether oxygens (including phenoxy) is 1. The van der Waals surface area contributed by atoms with Crippen molar-refractivity contribution in [1.29, 1.82) is 0 Å². The Hall–Kier alpha value is -3.50. The Labute approximate surface area is 198 Å². The van der Waals surface area contributed by atoms with Crippen LogP contribution in [0.2, 0.25) is 0 Å². The van der Waals surface area contributed by atoms with Crippen molar-refractivity contribution in [2.24, 2.45) is 5.41 Å². The van der Waals surface area contributed by atoms with E-state index in [9.17, 15) is 31.9 Å². The number of hydrogen-bond donors (Lipinski definition) is 2. The van der Waals surface area contributed by atoms with E-state index in [0.717, 1.165) is 13.0 Å². The molecule has 2 aromatic heterocycles. The largest absolute Gasteiger partial charge is 0.481 e. The molecule has 3 rings (SSSR count). The number of carbonyl (C=O) groups is 1. The standard InChI is InChI=1S/C24H24F5N3O3/c1-5-23(26,27)24(28,29)18-11-31-20(32-18)15-7-6-14(9-17(15)25)16-10-30-19(8-13(16)2)35-12-22(3,4)21(33)34/h6-11H,5,12H2,1-4H3,(H,31,32)(H,33,34). The van der Waals surface area contributed by atoms with Crippen LogP contribution in [-0.2, 0) is 10.7 Å². The molecule has 2 N–H and O–H groups in total. The van der Waals surface area contributed by atoms with Crippen LogP contribution in [0, 0.1) is 18.2 Å². The first-order valence-electron chi connectivity index (χ1n) is 10.6. The number of aromatic amines is 1. The van der Waals surface area contributed by atoms with Gasteiger partial charge in [0.1, 0.15) is 23.9 Å². The molecule has 0 aliphatic carbocycles. The minimum atomic E-state index is -4.49. The van der Waals surface area contributed by atoms with Crippen LogP contribution in [0.3, 0.4) is 0 Å². The molecule has 35 heavy (non-hydrogen) atoms. The molecule has 0 aliphatic heterocycles. The first-order valence-corrected chi connectivity index (χ1v) is 10.6. The van der Waals surface area contributed by atoms with Gasteiger partial charge in [-0.05, 0) is 44.0 Å². The van der Waals surface area contributed by atoms with Gasteiger partial charge in [0.25, 0.3) is 0 Å². The number of hydrogen-bond acceptors (Lipinski definition) is 4.